The van der Waals surface area contributed by atoms with Gasteiger partial charge in [-0.25, -0.2) is 9.97 Å². The molecular weight excluding hydrogens is 498 g/mol. The van der Waals surface area contributed by atoms with E-state index in [0.717, 1.165) is 32.8 Å². The molecule has 0 spiro atoms. The van der Waals surface area contributed by atoms with Crippen molar-refractivity contribution in [3.63, 3.8) is 0 Å². The van der Waals surface area contributed by atoms with Gasteiger partial charge in [-0.05, 0) is 48.7 Å². The van der Waals surface area contributed by atoms with Gasteiger partial charge in [0.05, 0.1) is 17.0 Å². The van der Waals surface area contributed by atoms with Gasteiger partial charge in [0, 0.05) is 41.7 Å². The van der Waals surface area contributed by atoms with Crippen LogP contribution >= 0.6 is 22.9 Å². The highest BCUT2D eigenvalue weighted by atomic mass is 35.5. The second-order valence-corrected chi connectivity index (χ2v) is 9.74. The van der Waals surface area contributed by atoms with Crippen LogP contribution in [0.25, 0.3) is 10.2 Å². The minimum atomic E-state index is -0.0449. The maximum atomic E-state index is 12.5. The Hall–Kier alpha value is -3.53. The summed E-state index contributed by atoms with van der Waals surface area (Å²) >= 11 is 8.08. The molecule has 1 amide bonds. The molecule has 1 aliphatic heterocycles. The van der Waals surface area contributed by atoms with Crippen LogP contribution in [0.5, 0.6) is 5.75 Å². The number of aromatic nitrogens is 3. The van der Waals surface area contributed by atoms with E-state index in [2.05, 4.69) is 20.3 Å². The molecule has 5 rings (SSSR count). The van der Waals surface area contributed by atoms with Crippen LogP contribution in [-0.4, -0.2) is 44.0 Å². The van der Waals surface area contributed by atoms with Crippen LogP contribution in [0.2, 0.25) is 5.02 Å². The number of halogens is 1. The number of carbonyl (C=O) groups is 1. The van der Waals surface area contributed by atoms with Crippen molar-refractivity contribution in [2.45, 2.75) is 26.0 Å². The molecule has 0 saturated heterocycles. The van der Waals surface area contributed by atoms with Gasteiger partial charge in [0.25, 0.3) is 0 Å². The monoisotopic (exact) mass is 521 g/mol. The van der Waals surface area contributed by atoms with Crippen LogP contribution in [0.1, 0.15) is 22.4 Å². The van der Waals surface area contributed by atoms with Crippen LogP contribution < -0.4 is 10.1 Å². The quantitative estimate of drug-likeness (QED) is 0.318. The van der Waals surface area contributed by atoms with Crippen molar-refractivity contribution in [1.29, 1.82) is 0 Å². The predicted octanol–water partition coefficient (Wildman–Crippen LogP) is 4.89. The van der Waals surface area contributed by atoms with Gasteiger partial charge >= 0.3 is 0 Å². The summed E-state index contributed by atoms with van der Waals surface area (Å²) in [5.74, 6) is 1.25. The summed E-state index contributed by atoms with van der Waals surface area (Å²) in [4.78, 5) is 29.4. The molecule has 1 aromatic carbocycles. The Kier molecular flexibility index (Phi) is 7.41. The van der Waals surface area contributed by atoms with Crippen molar-refractivity contribution in [2.75, 3.05) is 18.5 Å². The van der Waals surface area contributed by atoms with Gasteiger partial charge < -0.3 is 20.1 Å². The van der Waals surface area contributed by atoms with Crippen molar-refractivity contribution in [3.8, 4) is 5.75 Å². The van der Waals surface area contributed by atoms with E-state index in [1.807, 2.05) is 35.2 Å². The maximum absolute atomic E-state index is 12.5. The van der Waals surface area contributed by atoms with E-state index in [9.17, 15) is 4.79 Å². The average molecular weight is 522 g/mol. The first kappa shape index (κ1) is 24.2. The number of nitrogens with zero attached hydrogens (tertiary/aromatic N) is 4. The number of thiophene rings is 1. The first-order chi connectivity index (χ1) is 17.6. The Morgan fingerprint density at radius 2 is 2.22 bits per heavy atom. The average Bonchev–Trinajstić information content (AvgIpc) is 3.28. The number of rotatable bonds is 8. The first-order valence-electron chi connectivity index (χ1n) is 11.5. The molecule has 8 nitrogen and oxygen atoms in total. The molecule has 10 heteroatoms. The number of carbonyl (C=O) groups excluding carboxylic acids is 1. The number of nitrogens with one attached hydrogen (secondary N) is 1. The Bertz CT molecular complexity index is 1410. The van der Waals surface area contributed by atoms with Crippen LogP contribution in [0.15, 0.2) is 61.2 Å². The number of hydrogen-bond acceptors (Lipinski definition) is 8. The van der Waals surface area contributed by atoms with Gasteiger partial charge in [0.15, 0.2) is 0 Å². The van der Waals surface area contributed by atoms with E-state index in [4.69, 9.17) is 21.4 Å². The number of aliphatic hydroxyl groups is 1. The van der Waals surface area contributed by atoms with E-state index < -0.39 is 0 Å². The summed E-state index contributed by atoms with van der Waals surface area (Å²) in [7, 11) is 0. The van der Waals surface area contributed by atoms with Crippen molar-refractivity contribution in [2.24, 2.45) is 0 Å². The second kappa shape index (κ2) is 11.0. The number of amides is 1. The van der Waals surface area contributed by atoms with Gasteiger partial charge in [0.2, 0.25) is 5.91 Å². The fourth-order valence-corrected chi connectivity index (χ4v) is 5.49. The summed E-state index contributed by atoms with van der Waals surface area (Å²) in [6.45, 7) is 1.56. The Balaban J connectivity index is 1.33. The third-order valence-corrected chi connectivity index (χ3v) is 7.24. The van der Waals surface area contributed by atoms with Crippen molar-refractivity contribution >= 4 is 50.6 Å². The summed E-state index contributed by atoms with van der Waals surface area (Å²) in [6.07, 6.45) is 9.46. The molecule has 0 unspecified atom stereocenters. The van der Waals surface area contributed by atoms with E-state index in [1.165, 1.54) is 11.6 Å². The lowest BCUT2D eigenvalue weighted by Crippen LogP contribution is -2.34. The lowest BCUT2D eigenvalue weighted by molar-refractivity contribution is -0.126. The SMILES string of the molecule is O=C(C=CCCO)N1CCc2c(sc3ncnc(Nc4ccc(OCc5cccnc5)c(Cl)c4)c23)C1. The number of ether oxygens (including phenoxy) is 1. The summed E-state index contributed by atoms with van der Waals surface area (Å²) < 4.78 is 5.85. The summed E-state index contributed by atoms with van der Waals surface area (Å²) in [6, 6.07) is 9.35. The molecule has 0 radical (unpaired) electrons. The standard InChI is InChI=1S/C26H24ClN5O3S/c27-20-12-18(6-7-21(20)35-15-17-4-3-9-28-13-17)31-25-24-19-8-10-32(23(34)5-1-2-11-33)14-22(19)36-26(24)30-16-29-25/h1,3-7,9,12-13,16,33H,2,8,10-11,14-15H2,(H,29,30,31). The molecule has 0 atom stereocenters. The zero-order valence-electron chi connectivity index (χ0n) is 19.4. The van der Waals surface area contributed by atoms with E-state index in [1.54, 1.807) is 36.1 Å². The Labute approximate surface area is 217 Å². The normalized spacial score (nSPS) is 13.2. The fourth-order valence-electron chi connectivity index (χ4n) is 4.05. The molecule has 0 fully saturated rings. The molecular formula is C26H24ClN5O3S. The lowest BCUT2D eigenvalue weighted by Gasteiger charge is -2.26. The number of aliphatic hydroxyl groups excluding tert-OH is 1. The Morgan fingerprint density at radius 3 is 3.03 bits per heavy atom. The molecule has 1 aliphatic rings. The van der Waals surface area contributed by atoms with E-state index in [-0.39, 0.29) is 12.5 Å². The number of hydrogen-bond donors (Lipinski definition) is 2. The highest BCUT2D eigenvalue weighted by molar-refractivity contribution is 7.19. The predicted molar refractivity (Wildman–Crippen MR) is 141 cm³/mol. The van der Waals surface area contributed by atoms with Crippen LogP contribution in [0, 0.1) is 0 Å². The zero-order chi connectivity index (χ0) is 24.9. The third kappa shape index (κ3) is 5.33. The molecule has 0 bridgehead atoms. The molecule has 2 N–H and O–H groups in total. The lowest BCUT2D eigenvalue weighted by atomic mass is 10.0. The molecule has 4 heterocycles. The molecule has 4 aromatic rings. The highest BCUT2D eigenvalue weighted by Crippen LogP contribution is 2.38. The molecule has 0 aliphatic carbocycles. The maximum Gasteiger partial charge on any atom is 0.246 e. The number of anilines is 2. The first-order valence-corrected chi connectivity index (χ1v) is 12.7. The topological polar surface area (TPSA) is 100 Å². The minimum absolute atomic E-state index is 0.0328. The van der Waals surface area contributed by atoms with Crippen LogP contribution in [0.4, 0.5) is 11.5 Å². The Morgan fingerprint density at radius 1 is 1.31 bits per heavy atom. The van der Waals surface area contributed by atoms with Gasteiger partial charge in [0.1, 0.15) is 29.3 Å². The number of fused-ring (bicyclic) bond motifs is 3. The molecule has 36 heavy (non-hydrogen) atoms. The van der Waals surface area contributed by atoms with Crippen molar-refractivity contribution in [1.82, 2.24) is 19.9 Å². The number of benzene rings is 1. The minimum Gasteiger partial charge on any atom is -0.487 e. The highest BCUT2D eigenvalue weighted by Gasteiger charge is 2.25. The van der Waals surface area contributed by atoms with Gasteiger partial charge in [-0.3, -0.25) is 9.78 Å². The fraction of sp³-hybridized carbons (Fsp3) is 0.231. The van der Waals surface area contributed by atoms with E-state index >= 15 is 0 Å². The van der Waals surface area contributed by atoms with Gasteiger partial charge in [-0.15, -0.1) is 11.3 Å². The van der Waals surface area contributed by atoms with Crippen LogP contribution in [0.3, 0.4) is 0 Å². The third-order valence-electron chi connectivity index (χ3n) is 5.82. The number of pyridine rings is 1. The van der Waals surface area contributed by atoms with Gasteiger partial charge in [-0.1, -0.05) is 23.7 Å². The molecule has 3 aromatic heterocycles. The summed E-state index contributed by atoms with van der Waals surface area (Å²) in [5.41, 5.74) is 2.92. The van der Waals surface area contributed by atoms with Crippen LogP contribution in [-0.2, 0) is 24.4 Å². The zero-order valence-corrected chi connectivity index (χ0v) is 20.9. The van der Waals surface area contributed by atoms with Gasteiger partial charge in [-0.2, -0.15) is 0 Å². The summed E-state index contributed by atoms with van der Waals surface area (Å²) in [5, 5.41) is 13.8. The van der Waals surface area contributed by atoms with Crippen molar-refractivity contribution < 1.29 is 14.6 Å². The smallest absolute Gasteiger partial charge is 0.246 e. The van der Waals surface area contributed by atoms with E-state index in [0.29, 0.717) is 42.7 Å². The largest absolute Gasteiger partial charge is 0.487 e. The molecule has 184 valence electrons. The molecule has 0 saturated carbocycles. The second-order valence-electron chi connectivity index (χ2n) is 8.25. The van der Waals surface area contributed by atoms with Crippen molar-refractivity contribution in [3.05, 3.63) is 82.2 Å².